The SMILES string of the molecule is [O]=[Sn]([OH])[N]1CC=CC=N1. The Morgan fingerprint density at radius 3 is 2.89 bits per heavy atom. The molecule has 48 valence electrons. The van der Waals surface area contributed by atoms with E-state index in [-0.39, 0.29) is 0 Å². The Morgan fingerprint density at radius 1 is 1.78 bits per heavy atom. The second-order valence-electron chi connectivity index (χ2n) is 1.56. The first-order valence-corrected chi connectivity index (χ1v) is 6.22. The second kappa shape index (κ2) is 3.07. The quantitative estimate of drug-likeness (QED) is 0.606. The van der Waals surface area contributed by atoms with Crippen LogP contribution in [-0.4, -0.2) is 39.9 Å². The van der Waals surface area contributed by atoms with Crippen LogP contribution in [0.3, 0.4) is 0 Å². The molecule has 0 saturated heterocycles. The molecule has 1 heterocycles. The summed E-state index contributed by atoms with van der Waals surface area (Å²) in [5.41, 5.74) is 0. The van der Waals surface area contributed by atoms with Crippen LogP contribution >= 0.6 is 0 Å². The van der Waals surface area contributed by atoms with Gasteiger partial charge >= 0.3 is 60.2 Å². The van der Waals surface area contributed by atoms with Crippen LogP contribution < -0.4 is 0 Å². The molecule has 4 nitrogen and oxygen atoms in total. The molecule has 0 aromatic carbocycles. The van der Waals surface area contributed by atoms with Crippen LogP contribution in [0.1, 0.15) is 0 Å². The summed E-state index contributed by atoms with van der Waals surface area (Å²) in [7, 11) is 0. The topological polar surface area (TPSA) is 52.9 Å². The van der Waals surface area contributed by atoms with Gasteiger partial charge in [0.05, 0.1) is 0 Å². The predicted octanol–water partition coefficient (Wildman–Crippen LogP) is -0.748. The van der Waals surface area contributed by atoms with Crippen LogP contribution in [0.15, 0.2) is 17.3 Å². The summed E-state index contributed by atoms with van der Waals surface area (Å²) in [6.07, 6.45) is 5.06. The zero-order chi connectivity index (χ0) is 6.69. The average Bonchev–Trinajstić information content (AvgIpc) is 1.90. The first-order chi connectivity index (χ1) is 4.30. The Bertz CT molecular complexity index is 177. The molecule has 0 radical (unpaired) electrons. The Kier molecular flexibility index (Phi) is 2.35. The van der Waals surface area contributed by atoms with Gasteiger partial charge in [-0.1, -0.05) is 0 Å². The molecule has 5 heteroatoms. The van der Waals surface area contributed by atoms with Crippen LogP contribution in [-0.2, 0) is 3.08 Å². The van der Waals surface area contributed by atoms with Gasteiger partial charge in [-0.25, -0.2) is 0 Å². The molecule has 0 aromatic heterocycles. The summed E-state index contributed by atoms with van der Waals surface area (Å²) in [5.74, 6) is 0. The van der Waals surface area contributed by atoms with E-state index in [2.05, 4.69) is 5.10 Å². The zero-order valence-electron chi connectivity index (χ0n) is 4.69. The third-order valence-electron chi connectivity index (χ3n) is 0.927. The second-order valence-corrected chi connectivity index (χ2v) is 4.64. The molecule has 1 aliphatic rings. The van der Waals surface area contributed by atoms with E-state index in [1.807, 2.05) is 0 Å². The molecule has 1 N–H and O–H groups in total. The van der Waals surface area contributed by atoms with Crippen molar-refractivity contribution in [2.24, 2.45) is 5.10 Å². The molecule has 0 spiro atoms. The summed E-state index contributed by atoms with van der Waals surface area (Å²) < 4.78 is 20.2. The summed E-state index contributed by atoms with van der Waals surface area (Å²) in [5, 5.41) is 3.68. The van der Waals surface area contributed by atoms with Crippen LogP contribution in [0, 0.1) is 0 Å². The fourth-order valence-electron chi connectivity index (χ4n) is 0.515. The summed E-state index contributed by atoms with van der Waals surface area (Å²) in [4.78, 5) is 0. The Labute approximate surface area is 60.5 Å². The normalized spacial score (nSPS) is 16.3. The molecule has 1 aliphatic heterocycles. The van der Waals surface area contributed by atoms with Crippen molar-refractivity contribution in [3.05, 3.63) is 12.2 Å². The van der Waals surface area contributed by atoms with E-state index >= 15 is 0 Å². The van der Waals surface area contributed by atoms with Gasteiger partial charge < -0.3 is 0 Å². The number of hydrogen-bond donors (Lipinski definition) is 1. The minimum absolute atomic E-state index is 0.477. The molecule has 1 rings (SSSR count). The molecule has 0 amide bonds. The monoisotopic (exact) mass is 234 g/mol. The van der Waals surface area contributed by atoms with Crippen molar-refractivity contribution in [2.75, 3.05) is 6.54 Å². The van der Waals surface area contributed by atoms with Crippen LogP contribution in [0.2, 0.25) is 0 Å². The van der Waals surface area contributed by atoms with Crippen molar-refractivity contribution >= 4 is 26.6 Å². The van der Waals surface area contributed by atoms with Crippen LogP contribution in [0.4, 0.5) is 0 Å². The van der Waals surface area contributed by atoms with Crippen LogP contribution in [0.5, 0.6) is 0 Å². The Hall–Kier alpha value is -0.231. The third kappa shape index (κ3) is 1.87. The first kappa shape index (κ1) is 6.88. The van der Waals surface area contributed by atoms with Gasteiger partial charge in [-0.3, -0.25) is 0 Å². The van der Waals surface area contributed by atoms with E-state index in [9.17, 15) is 3.08 Å². The standard InChI is InChI=1S/C4H5N2.H2O.O.Sn/c1-2-4-6-5-3-1;;;/h1-3H,4H2;1H2;;/q-1;;;+2/p-1. The van der Waals surface area contributed by atoms with E-state index in [0.717, 1.165) is 0 Å². The minimum atomic E-state index is -3.41. The third-order valence-corrected chi connectivity index (χ3v) is 3.04. The molecule has 0 fully saturated rings. The van der Waals surface area contributed by atoms with E-state index in [1.165, 1.54) is 9.45 Å². The van der Waals surface area contributed by atoms with Crippen molar-refractivity contribution < 1.29 is 6.52 Å². The molecule has 0 atom stereocenters. The maximum atomic E-state index is 10.4. The average molecular weight is 233 g/mol. The van der Waals surface area contributed by atoms with Crippen molar-refractivity contribution in [2.45, 2.75) is 0 Å². The molecule has 9 heavy (non-hydrogen) atoms. The van der Waals surface area contributed by atoms with Crippen molar-refractivity contribution in [1.29, 1.82) is 0 Å². The summed E-state index contributed by atoms with van der Waals surface area (Å²) in [6.45, 7) is 0.477. The maximum absolute atomic E-state index is 10.4. The molecular weight excluding hydrogens is 227 g/mol. The van der Waals surface area contributed by atoms with Crippen molar-refractivity contribution in [3.63, 3.8) is 0 Å². The van der Waals surface area contributed by atoms with E-state index in [1.54, 1.807) is 12.2 Å². The predicted molar refractivity (Wildman–Crippen MR) is 33.0 cm³/mol. The van der Waals surface area contributed by atoms with Gasteiger partial charge in [0.15, 0.2) is 0 Å². The summed E-state index contributed by atoms with van der Waals surface area (Å²) in [6, 6.07) is 0. The molecule has 0 unspecified atom stereocenters. The van der Waals surface area contributed by atoms with Crippen molar-refractivity contribution in [3.8, 4) is 0 Å². The number of rotatable bonds is 1. The number of nitrogens with zero attached hydrogens (tertiary/aromatic N) is 2. The molecule has 0 aromatic rings. The van der Waals surface area contributed by atoms with Gasteiger partial charge in [0.2, 0.25) is 0 Å². The van der Waals surface area contributed by atoms with E-state index in [4.69, 9.17) is 3.44 Å². The van der Waals surface area contributed by atoms with Gasteiger partial charge in [0.25, 0.3) is 0 Å². The number of allylic oxidation sites excluding steroid dienone is 1. The fourth-order valence-corrected chi connectivity index (χ4v) is 1.73. The molecular formula is C4H6N2O2Sn. The van der Waals surface area contributed by atoms with Crippen LogP contribution in [0.25, 0.3) is 0 Å². The molecule has 0 saturated carbocycles. The van der Waals surface area contributed by atoms with Gasteiger partial charge in [-0.05, 0) is 0 Å². The van der Waals surface area contributed by atoms with Gasteiger partial charge in [-0.2, -0.15) is 0 Å². The molecule has 0 aliphatic carbocycles. The summed E-state index contributed by atoms with van der Waals surface area (Å²) >= 11 is -3.41. The van der Waals surface area contributed by atoms with Gasteiger partial charge in [0.1, 0.15) is 0 Å². The van der Waals surface area contributed by atoms with Gasteiger partial charge in [-0.15, -0.1) is 0 Å². The zero-order valence-corrected chi connectivity index (χ0v) is 7.54. The van der Waals surface area contributed by atoms with Crippen molar-refractivity contribution in [1.82, 2.24) is 3.23 Å². The first-order valence-electron chi connectivity index (χ1n) is 2.50. The number of hydrazone groups is 1. The van der Waals surface area contributed by atoms with E-state index < -0.39 is 20.4 Å². The van der Waals surface area contributed by atoms with Gasteiger partial charge in [0, 0.05) is 0 Å². The molecule has 0 bridgehead atoms. The number of hydrogen-bond acceptors (Lipinski definition) is 2. The fraction of sp³-hybridized carbons (Fsp3) is 0.250. The van der Waals surface area contributed by atoms with E-state index in [0.29, 0.717) is 6.54 Å². The Morgan fingerprint density at radius 2 is 2.56 bits per heavy atom. The Balaban J connectivity index is 2.56.